The molecule has 2 rings (SSSR count). The molecule has 0 unspecified atom stereocenters. The van der Waals surface area contributed by atoms with Crippen molar-refractivity contribution < 1.29 is 0 Å². The maximum absolute atomic E-state index is 9.79. The van der Waals surface area contributed by atoms with E-state index < -0.39 is 0 Å². The van der Waals surface area contributed by atoms with E-state index in [0.717, 1.165) is 49.9 Å². The predicted molar refractivity (Wildman–Crippen MR) is 117 cm³/mol. The Morgan fingerprint density at radius 2 is 1.52 bits per heavy atom. The highest BCUT2D eigenvalue weighted by Gasteiger charge is 2.38. The summed E-state index contributed by atoms with van der Waals surface area (Å²) in [5, 5.41) is 9.79. The molecule has 0 aromatic carbocycles. The van der Waals surface area contributed by atoms with E-state index in [1.165, 1.54) is 77.0 Å². The van der Waals surface area contributed by atoms with E-state index >= 15 is 0 Å². The second-order valence-electron chi connectivity index (χ2n) is 9.63. The summed E-state index contributed by atoms with van der Waals surface area (Å²) < 4.78 is 0. The van der Waals surface area contributed by atoms with Gasteiger partial charge in [0.2, 0.25) is 0 Å². The van der Waals surface area contributed by atoms with Gasteiger partial charge in [-0.2, -0.15) is 5.26 Å². The molecule has 0 aromatic heterocycles. The monoisotopic (exact) mass is 371 g/mol. The molecule has 0 saturated heterocycles. The van der Waals surface area contributed by atoms with Crippen molar-refractivity contribution in [2.45, 2.75) is 123 Å². The van der Waals surface area contributed by atoms with E-state index in [1.54, 1.807) is 0 Å². The van der Waals surface area contributed by atoms with Crippen molar-refractivity contribution in [2.24, 2.45) is 23.2 Å². The summed E-state index contributed by atoms with van der Waals surface area (Å²) in [6.45, 7) is 4.49. The fourth-order valence-corrected chi connectivity index (χ4v) is 5.71. The van der Waals surface area contributed by atoms with Crippen molar-refractivity contribution >= 4 is 0 Å². The van der Waals surface area contributed by atoms with Gasteiger partial charge in [0.1, 0.15) is 0 Å². The van der Waals surface area contributed by atoms with E-state index in [-0.39, 0.29) is 5.41 Å². The van der Waals surface area contributed by atoms with Gasteiger partial charge in [-0.05, 0) is 75.5 Å². The van der Waals surface area contributed by atoms with Crippen LogP contribution >= 0.6 is 0 Å². The lowest BCUT2D eigenvalue weighted by Gasteiger charge is -2.40. The van der Waals surface area contributed by atoms with E-state index in [0.29, 0.717) is 0 Å². The third-order valence-electron chi connectivity index (χ3n) is 7.69. The van der Waals surface area contributed by atoms with Crippen molar-refractivity contribution in [1.82, 2.24) is 0 Å². The number of hydrogen-bond donors (Lipinski definition) is 0. The van der Waals surface area contributed by atoms with Gasteiger partial charge in [-0.3, -0.25) is 0 Å². The van der Waals surface area contributed by atoms with Gasteiger partial charge in [0.05, 0.1) is 11.5 Å². The van der Waals surface area contributed by atoms with Gasteiger partial charge in [0.15, 0.2) is 0 Å². The van der Waals surface area contributed by atoms with Crippen LogP contribution in [0.2, 0.25) is 0 Å². The minimum atomic E-state index is -0.00965. The number of allylic oxidation sites excluding steroid dienone is 2. The highest BCUT2D eigenvalue weighted by molar-refractivity contribution is 5.03. The smallest absolute Gasteiger partial charge is 0.0689 e. The van der Waals surface area contributed by atoms with Gasteiger partial charge in [-0.1, -0.05) is 77.4 Å². The summed E-state index contributed by atoms with van der Waals surface area (Å²) >= 11 is 0. The highest BCUT2D eigenvalue weighted by Crippen LogP contribution is 2.47. The zero-order chi connectivity index (χ0) is 19.4. The predicted octanol–water partition coefficient (Wildman–Crippen LogP) is 8.60. The first kappa shape index (κ1) is 22.5. The maximum Gasteiger partial charge on any atom is 0.0689 e. The minimum absolute atomic E-state index is 0.00965. The Hall–Kier alpha value is -0.770. The fraction of sp³-hybridized carbons (Fsp3) is 0.885. The second-order valence-corrected chi connectivity index (χ2v) is 9.63. The zero-order valence-electron chi connectivity index (χ0n) is 18.4. The third kappa shape index (κ3) is 7.63. The van der Waals surface area contributed by atoms with Crippen LogP contribution in [0.4, 0.5) is 0 Å². The Morgan fingerprint density at radius 3 is 2.15 bits per heavy atom. The lowest BCUT2D eigenvalue weighted by molar-refractivity contribution is 0.116. The van der Waals surface area contributed by atoms with Gasteiger partial charge in [0, 0.05) is 0 Å². The molecular formula is C26H45N. The van der Waals surface area contributed by atoms with Crippen molar-refractivity contribution in [1.29, 1.82) is 5.26 Å². The van der Waals surface area contributed by atoms with Crippen LogP contribution in [0.15, 0.2) is 12.2 Å². The van der Waals surface area contributed by atoms with Crippen molar-refractivity contribution in [3.8, 4) is 6.07 Å². The number of unbranched alkanes of at least 4 members (excludes halogenated alkanes) is 4. The Kier molecular flexibility index (Phi) is 10.5. The number of nitriles is 1. The topological polar surface area (TPSA) is 23.8 Å². The van der Waals surface area contributed by atoms with Gasteiger partial charge >= 0.3 is 0 Å². The van der Waals surface area contributed by atoms with Crippen LogP contribution in [0.25, 0.3) is 0 Å². The summed E-state index contributed by atoms with van der Waals surface area (Å²) in [4.78, 5) is 0. The molecule has 2 aliphatic rings. The molecule has 0 radical (unpaired) electrons. The largest absolute Gasteiger partial charge is 0.198 e. The van der Waals surface area contributed by atoms with Crippen molar-refractivity contribution in [3.05, 3.63) is 12.2 Å². The number of hydrogen-bond acceptors (Lipinski definition) is 1. The lowest BCUT2D eigenvalue weighted by Crippen LogP contribution is -2.31. The van der Waals surface area contributed by atoms with Crippen LogP contribution in [-0.4, -0.2) is 0 Å². The second kappa shape index (κ2) is 12.6. The molecule has 1 nitrogen and oxygen atoms in total. The fourth-order valence-electron chi connectivity index (χ4n) is 5.71. The van der Waals surface area contributed by atoms with Crippen molar-refractivity contribution in [2.75, 3.05) is 0 Å². The lowest BCUT2D eigenvalue weighted by atomic mass is 9.63. The Labute approximate surface area is 170 Å². The first-order valence-electron chi connectivity index (χ1n) is 12.3. The zero-order valence-corrected chi connectivity index (χ0v) is 18.4. The molecule has 27 heavy (non-hydrogen) atoms. The Morgan fingerprint density at radius 1 is 0.852 bits per heavy atom. The Bertz CT molecular complexity index is 441. The minimum Gasteiger partial charge on any atom is -0.198 e. The average Bonchev–Trinajstić information content (AvgIpc) is 2.72. The van der Waals surface area contributed by atoms with Crippen LogP contribution < -0.4 is 0 Å². The maximum atomic E-state index is 9.79. The summed E-state index contributed by atoms with van der Waals surface area (Å²) in [6, 6.07) is 2.73. The number of rotatable bonds is 11. The molecule has 0 aromatic rings. The molecule has 0 amide bonds. The highest BCUT2D eigenvalue weighted by atomic mass is 14.4. The van der Waals surface area contributed by atoms with Crippen molar-refractivity contribution in [3.63, 3.8) is 0 Å². The average molecular weight is 372 g/mol. The van der Waals surface area contributed by atoms with Gasteiger partial charge in [-0.15, -0.1) is 0 Å². The first-order chi connectivity index (χ1) is 13.2. The molecule has 2 aliphatic carbocycles. The van der Waals surface area contributed by atoms with Crippen LogP contribution in [-0.2, 0) is 0 Å². The first-order valence-corrected chi connectivity index (χ1v) is 12.3. The quantitative estimate of drug-likeness (QED) is 0.263. The summed E-state index contributed by atoms with van der Waals surface area (Å²) in [5.74, 6) is 2.91. The van der Waals surface area contributed by atoms with Crippen LogP contribution in [0.5, 0.6) is 0 Å². The molecule has 154 valence electrons. The summed E-state index contributed by atoms with van der Waals surface area (Å²) in [5.41, 5.74) is -0.00965. The molecule has 0 bridgehead atoms. The molecule has 2 saturated carbocycles. The summed E-state index contributed by atoms with van der Waals surface area (Å²) in [7, 11) is 0. The van der Waals surface area contributed by atoms with Gasteiger partial charge < -0.3 is 0 Å². The third-order valence-corrected chi connectivity index (χ3v) is 7.69. The SMILES string of the molecule is CC/C=C\CCC1(C#N)CCC(C2CCC(CCCCCCC)CC2)CC1. The molecule has 0 spiro atoms. The van der Waals surface area contributed by atoms with E-state index in [1.807, 2.05) is 0 Å². The molecule has 2 fully saturated rings. The van der Waals surface area contributed by atoms with Gasteiger partial charge in [0.25, 0.3) is 0 Å². The molecule has 0 aliphatic heterocycles. The van der Waals surface area contributed by atoms with Gasteiger partial charge in [-0.25, -0.2) is 0 Å². The van der Waals surface area contributed by atoms with E-state index in [4.69, 9.17) is 0 Å². The number of nitrogens with zero attached hydrogens (tertiary/aromatic N) is 1. The molecular weight excluding hydrogens is 326 g/mol. The van der Waals surface area contributed by atoms with Crippen LogP contribution in [0, 0.1) is 34.5 Å². The summed E-state index contributed by atoms with van der Waals surface area (Å²) in [6.07, 6.45) is 27.3. The molecule has 0 heterocycles. The Balaban J connectivity index is 1.65. The molecule has 1 heteroatoms. The normalized spacial score (nSPS) is 31.8. The molecule has 0 atom stereocenters. The van der Waals surface area contributed by atoms with Crippen LogP contribution in [0.1, 0.15) is 123 Å². The standard InChI is InChI=1S/C26H45N/c1-3-5-7-9-10-12-23-13-15-24(16-14-23)25-17-20-26(22-27,21-18-25)19-11-8-6-4-2/h6,8,23-25H,3-5,7,9-21H2,1-2H3/b8-6-. The van der Waals surface area contributed by atoms with Crippen LogP contribution in [0.3, 0.4) is 0 Å². The molecule has 0 N–H and O–H groups in total. The van der Waals surface area contributed by atoms with E-state index in [2.05, 4.69) is 32.1 Å². The van der Waals surface area contributed by atoms with E-state index in [9.17, 15) is 5.26 Å².